The van der Waals surface area contributed by atoms with Crippen molar-refractivity contribution in [1.82, 2.24) is 14.3 Å². The van der Waals surface area contributed by atoms with E-state index >= 15 is 0 Å². The molecule has 0 atom stereocenters. The molecule has 0 radical (unpaired) electrons. The van der Waals surface area contributed by atoms with E-state index in [4.69, 9.17) is 23.2 Å². The van der Waals surface area contributed by atoms with E-state index < -0.39 is 10.0 Å². The van der Waals surface area contributed by atoms with Gasteiger partial charge in [0.05, 0.1) is 29.4 Å². The maximum absolute atomic E-state index is 13.2. The second kappa shape index (κ2) is 8.14. The Balaban J connectivity index is 2.00. The van der Waals surface area contributed by atoms with E-state index in [9.17, 15) is 8.42 Å². The lowest BCUT2D eigenvalue weighted by atomic mass is 10.3. The topological polar surface area (TPSA) is 63.2 Å². The molecule has 2 aromatic heterocycles. The minimum atomic E-state index is -3.86. The standard InChI is InChI=1S/C18H15Cl2N3O2S/c19-14-9-15(20)11-18(10-14)26(24,25)23(12-16-5-1-3-7-21-16)13-17-6-2-4-8-22-17/h1-11H,12-13H2. The molecule has 5 nitrogen and oxygen atoms in total. The number of aromatic nitrogens is 2. The summed E-state index contributed by atoms with van der Waals surface area (Å²) in [4.78, 5) is 8.48. The molecule has 0 unspecified atom stereocenters. The van der Waals surface area contributed by atoms with E-state index in [0.717, 1.165) is 0 Å². The lowest BCUT2D eigenvalue weighted by Crippen LogP contribution is -2.31. The van der Waals surface area contributed by atoms with Crippen molar-refractivity contribution < 1.29 is 8.42 Å². The average molecular weight is 408 g/mol. The fraction of sp³-hybridized carbons (Fsp3) is 0.111. The van der Waals surface area contributed by atoms with E-state index in [2.05, 4.69) is 9.97 Å². The second-order valence-corrected chi connectivity index (χ2v) is 8.33. The van der Waals surface area contributed by atoms with Crippen LogP contribution in [0.4, 0.5) is 0 Å². The molecule has 0 saturated heterocycles. The summed E-state index contributed by atoms with van der Waals surface area (Å²) in [6.45, 7) is 0.202. The van der Waals surface area contributed by atoms with Gasteiger partial charge in [-0.2, -0.15) is 4.31 Å². The molecule has 0 aliphatic heterocycles. The molecule has 3 aromatic rings. The van der Waals surface area contributed by atoms with Gasteiger partial charge in [-0.3, -0.25) is 9.97 Å². The molecule has 2 heterocycles. The molecular weight excluding hydrogens is 393 g/mol. The predicted octanol–water partition coefficient (Wildman–Crippen LogP) is 4.17. The van der Waals surface area contributed by atoms with Crippen LogP contribution in [0, 0.1) is 0 Å². The molecule has 26 heavy (non-hydrogen) atoms. The number of nitrogens with zero attached hydrogens (tertiary/aromatic N) is 3. The second-order valence-electron chi connectivity index (χ2n) is 5.52. The smallest absolute Gasteiger partial charge is 0.243 e. The van der Waals surface area contributed by atoms with E-state index in [-0.39, 0.29) is 28.0 Å². The first kappa shape index (κ1) is 18.8. The highest BCUT2D eigenvalue weighted by Crippen LogP contribution is 2.26. The third-order valence-electron chi connectivity index (χ3n) is 3.60. The average Bonchev–Trinajstić information content (AvgIpc) is 2.62. The minimum Gasteiger partial charge on any atom is -0.260 e. The lowest BCUT2D eigenvalue weighted by Gasteiger charge is -2.22. The first-order valence-electron chi connectivity index (χ1n) is 7.71. The number of hydrogen-bond donors (Lipinski definition) is 0. The third kappa shape index (κ3) is 4.59. The van der Waals surface area contributed by atoms with Gasteiger partial charge in [-0.15, -0.1) is 0 Å². The van der Waals surface area contributed by atoms with Gasteiger partial charge in [0.25, 0.3) is 0 Å². The number of sulfonamides is 1. The Morgan fingerprint density at radius 2 is 1.31 bits per heavy atom. The van der Waals surface area contributed by atoms with Crippen LogP contribution in [-0.4, -0.2) is 22.7 Å². The van der Waals surface area contributed by atoms with E-state index in [0.29, 0.717) is 11.4 Å². The van der Waals surface area contributed by atoms with Crippen molar-refractivity contribution >= 4 is 33.2 Å². The van der Waals surface area contributed by atoms with E-state index in [1.807, 2.05) is 12.1 Å². The fourth-order valence-corrected chi connectivity index (χ4v) is 4.51. The highest BCUT2D eigenvalue weighted by molar-refractivity contribution is 7.89. The molecule has 0 aliphatic rings. The zero-order valence-electron chi connectivity index (χ0n) is 13.6. The molecule has 0 spiro atoms. The summed E-state index contributed by atoms with van der Waals surface area (Å²) < 4.78 is 27.7. The molecule has 0 amide bonds. The molecule has 3 rings (SSSR count). The van der Waals surface area contributed by atoms with Crippen LogP contribution in [0.3, 0.4) is 0 Å². The summed E-state index contributed by atoms with van der Waals surface area (Å²) >= 11 is 12.0. The summed E-state index contributed by atoms with van der Waals surface area (Å²) in [5, 5.41) is 0.512. The van der Waals surface area contributed by atoms with Crippen LogP contribution >= 0.6 is 23.2 Å². The number of benzene rings is 1. The van der Waals surface area contributed by atoms with Crippen molar-refractivity contribution in [3.8, 4) is 0 Å². The van der Waals surface area contributed by atoms with Crippen molar-refractivity contribution in [2.45, 2.75) is 18.0 Å². The SMILES string of the molecule is O=S(=O)(c1cc(Cl)cc(Cl)c1)N(Cc1ccccn1)Cc1ccccn1. The molecule has 0 N–H and O–H groups in total. The Hall–Kier alpha value is -1.99. The van der Waals surface area contributed by atoms with Gasteiger partial charge < -0.3 is 0 Å². The Bertz CT molecular complexity index is 922. The summed E-state index contributed by atoms with van der Waals surface area (Å²) in [7, 11) is -3.86. The Labute approximate surface area is 162 Å². The molecule has 1 aromatic carbocycles. The van der Waals surface area contributed by atoms with Crippen molar-refractivity contribution in [2.24, 2.45) is 0 Å². The zero-order valence-corrected chi connectivity index (χ0v) is 15.9. The monoisotopic (exact) mass is 407 g/mol. The maximum Gasteiger partial charge on any atom is 0.243 e. The summed E-state index contributed by atoms with van der Waals surface area (Å²) in [6.07, 6.45) is 3.24. The third-order valence-corrected chi connectivity index (χ3v) is 5.81. The predicted molar refractivity (Wildman–Crippen MR) is 101 cm³/mol. The van der Waals surface area contributed by atoms with Gasteiger partial charge >= 0.3 is 0 Å². The number of halogens is 2. The van der Waals surface area contributed by atoms with Gasteiger partial charge in [-0.1, -0.05) is 35.3 Å². The Morgan fingerprint density at radius 3 is 1.73 bits per heavy atom. The summed E-state index contributed by atoms with van der Waals surface area (Å²) in [5.41, 5.74) is 1.25. The summed E-state index contributed by atoms with van der Waals surface area (Å²) in [5.74, 6) is 0. The molecule has 134 valence electrons. The van der Waals surface area contributed by atoms with Crippen LogP contribution in [0.25, 0.3) is 0 Å². The van der Waals surface area contributed by atoms with Gasteiger partial charge in [0.1, 0.15) is 0 Å². The minimum absolute atomic E-state index is 0.0295. The molecule has 0 aliphatic carbocycles. The Morgan fingerprint density at radius 1 is 0.808 bits per heavy atom. The maximum atomic E-state index is 13.2. The van der Waals surface area contributed by atoms with Crippen molar-refractivity contribution in [3.05, 3.63) is 88.4 Å². The Kier molecular flexibility index (Phi) is 5.88. The summed E-state index contributed by atoms with van der Waals surface area (Å²) in [6, 6.07) is 15.0. The van der Waals surface area contributed by atoms with Crippen LogP contribution < -0.4 is 0 Å². The number of rotatable bonds is 6. The lowest BCUT2D eigenvalue weighted by molar-refractivity contribution is 0.393. The molecule has 0 fully saturated rings. The van der Waals surface area contributed by atoms with Crippen LogP contribution in [0.15, 0.2) is 71.9 Å². The quantitative estimate of drug-likeness (QED) is 0.614. The molecular formula is C18H15Cl2N3O2S. The van der Waals surface area contributed by atoms with Crippen LogP contribution in [-0.2, 0) is 23.1 Å². The normalized spacial score (nSPS) is 11.7. The van der Waals surface area contributed by atoms with Gasteiger partial charge in [0.2, 0.25) is 10.0 Å². The van der Waals surface area contributed by atoms with Gasteiger partial charge in [-0.25, -0.2) is 8.42 Å². The first-order chi connectivity index (χ1) is 12.4. The fourth-order valence-electron chi connectivity index (χ4n) is 2.40. The largest absolute Gasteiger partial charge is 0.260 e. The van der Waals surface area contributed by atoms with Gasteiger partial charge in [0, 0.05) is 22.4 Å². The van der Waals surface area contributed by atoms with Crippen molar-refractivity contribution in [1.29, 1.82) is 0 Å². The zero-order chi connectivity index (χ0) is 18.6. The van der Waals surface area contributed by atoms with Crippen molar-refractivity contribution in [3.63, 3.8) is 0 Å². The molecule has 8 heteroatoms. The molecule has 0 saturated carbocycles. The van der Waals surface area contributed by atoms with Gasteiger partial charge in [0.15, 0.2) is 0 Å². The van der Waals surface area contributed by atoms with E-state index in [1.165, 1.54) is 22.5 Å². The van der Waals surface area contributed by atoms with Crippen LogP contribution in [0.2, 0.25) is 10.0 Å². The van der Waals surface area contributed by atoms with E-state index in [1.54, 1.807) is 36.7 Å². The van der Waals surface area contributed by atoms with Gasteiger partial charge in [-0.05, 0) is 42.5 Å². The number of hydrogen-bond acceptors (Lipinski definition) is 4. The van der Waals surface area contributed by atoms with Crippen LogP contribution in [0.5, 0.6) is 0 Å². The van der Waals surface area contributed by atoms with Crippen molar-refractivity contribution in [2.75, 3.05) is 0 Å². The first-order valence-corrected chi connectivity index (χ1v) is 9.91. The molecule has 0 bridgehead atoms. The highest BCUT2D eigenvalue weighted by atomic mass is 35.5. The van der Waals surface area contributed by atoms with Crippen LogP contribution in [0.1, 0.15) is 11.4 Å². The highest BCUT2D eigenvalue weighted by Gasteiger charge is 2.26. The number of pyridine rings is 2.